The lowest BCUT2D eigenvalue weighted by Gasteiger charge is -2.10. The molecule has 0 unspecified atom stereocenters. The van der Waals surface area contributed by atoms with Gasteiger partial charge in [-0.1, -0.05) is 38.1 Å². The number of ether oxygens (including phenoxy) is 1. The third kappa shape index (κ3) is 4.13. The van der Waals surface area contributed by atoms with Crippen molar-refractivity contribution in [3.63, 3.8) is 0 Å². The molecule has 5 nitrogen and oxygen atoms in total. The van der Waals surface area contributed by atoms with Crippen LogP contribution >= 0.6 is 0 Å². The highest BCUT2D eigenvalue weighted by Crippen LogP contribution is 2.23. The number of carbonyl (C=O) groups excluding carboxylic acids is 2. The molecule has 126 valence electrons. The fourth-order valence-corrected chi connectivity index (χ4v) is 2.22. The number of carbonyl (C=O) groups is 2. The van der Waals surface area contributed by atoms with Crippen molar-refractivity contribution in [2.24, 2.45) is 0 Å². The molecule has 0 aliphatic rings. The van der Waals surface area contributed by atoms with E-state index in [1.165, 1.54) is 12.1 Å². The molecule has 0 fully saturated rings. The molecule has 0 aliphatic carbocycles. The predicted molar refractivity (Wildman–Crippen MR) is 89.5 cm³/mol. The smallest absolute Gasteiger partial charge is 0.342 e. The summed E-state index contributed by atoms with van der Waals surface area (Å²) in [5.74, 6) is -1.29. The maximum Gasteiger partial charge on any atom is 0.342 e. The van der Waals surface area contributed by atoms with Crippen molar-refractivity contribution in [3.8, 4) is 11.5 Å². The molecule has 5 heteroatoms. The van der Waals surface area contributed by atoms with Crippen LogP contribution in [0.1, 0.15) is 52.5 Å². The van der Waals surface area contributed by atoms with E-state index in [9.17, 15) is 19.8 Å². The summed E-state index contributed by atoms with van der Waals surface area (Å²) in [6.45, 7) is 3.80. The van der Waals surface area contributed by atoms with E-state index in [2.05, 4.69) is 13.8 Å². The minimum Gasteiger partial charge on any atom is -0.508 e. The highest BCUT2D eigenvalue weighted by atomic mass is 16.5. The number of hydrogen-bond acceptors (Lipinski definition) is 5. The molecule has 0 radical (unpaired) electrons. The number of hydrogen-bond donors (Lipinski definition) is 2. The number of rotatable bonds is 6. The normalized spacial score (nSPS) is 11.8. The molecule has 2 rings (SSSR count). The Bertz CT molecular complexity index is 734. The molecule has 0 aliphatic heterocycles. The summed E-state index contributed by atoms with van der Waals surface area (Å²) in [5.41, 5.74) is 1.51. The Hall–Kier alpha value is -2.82. The van der Waals surface area contributed by atoms with Crippen LogP contribution in [0.5, 0.6) is 11.5 Å². The van der Waals surface area contributed by atoms with Crippen molar-refractivity contribution in [2.45, 2.75) is 26.2 Å². The van der Waals surface area contributed by atoms with Gasteiger partial charge in [-0.05, 0) is 30.0 Å². The van der Waals surface area contributed by atoms with Crippen molar-refractivity contribution in [3.05, 3.63) is 59.2 Å². The third-order valence-corrected chi connectivity index (χ3v) is 3.95. The second-order valence-electron chi connectivity index (χ2n) is 5.63. The maximum absolute atomic E-state index is 12.1. The lowest BCUT2D eigenvalue weighted by molar-refractivity contribution is 0.0472. The first kappa shape index (κ1) is 17.5. The van der Waals surface area contributed by atoms with Crippen LogP contribution in [0, 0.1) is 0 Å². The van der Waals surface area contributed by atoms with E-state index in [4.69, 9.17) is 4.74 Å². The first-order valence-corrected chi connectivity index (χ1v) is 7.74. The topological polar surface area (TPSA) is 83.8 Å². The standard InChI is InChI=1S/C19H20O5/c1-3-12(2)13-4-6-14(7-5-13)18(22)11-24-19(23)16-9-8-15(20)10-17(16)21/h4-10,12,20-21H,3,11H2,1-2H3/t12-/m0/s1. The SMILES string of the molecule is CC[C@H](C)c1ccc(C(=O)COC(=O)c2ccc(O)cc2O)cc1. The molecular weight excluding hydrogens is 308 g/mol. The molecule has 0 bridgehead atoms. The van der Waals surface area contributed by atoms with Gasteiger partial charge in [0, 0.05) is 11.6 Å². The van der Waals surface area contributed by atoms with Crippen molar-refractivity contribution < 1.29 is 24.5 Å². The first-order valence-electron chi connectivity index (χ1n) is 7.74. The van der Waals surface area contributed by atoms with Crippen LogP contribution in [0.15, 0.2) is 42.5 Å². The van der Waals surface area contributed by atoms with Gasteiger partial charge in [0.2, 0.25) is 0 Å². The van der Waals surface area contributed by atoms with Crippen LogP contribution in [0.3, 0.4) is 0 Å². The fourth-order valence-electron chi connectivity index (χ4n) is 2.22. The van der Waals surface area contributed by atoms with Crippen LogP contribution in [0.4, 0.5) is 0 Å². The Balaban J connectivity index is 1.98. The van der Waals surface area contributed by atoms with Gasteiger partial charge in [0.05, 0.1) is 0 Å². The highest BCUT2D eigenvalue weighted by Gasteiger charge is 2.16. The largest absolute Gasteiger partial charge is 0.508 e. The van der Waals surface area contributed by atoms with E-state index in [1.54, 1.807) is 12.1 Å². The minimum absolute atomic E-state index is 0.104. The van der Waals surface area contributed by atoms with E-state index in [1.807, 2.05) is 12.1 Å². The van der Waals surface area contributed by atoms with Crippen molar-refractivity contribution in [1.29, 1.82) is 0 Å². The predicted octanol–water partition coefficient (Wildman–Crippen LogP) is 3.65. The number of benzene rings is 2. The summed E-state index contributed by atoms with van der Waals surface area (Å²) in [5, 5.41) is 18.8. The fraction of sp³-hybridized carbons (Fsp3) is 0.263. The Labute approximate surface area is 140 Å². The van der Waals surface area contributed by atoms with Crippen molar-refractivity contribution in [2.75, 3.05) is 6.61 Å². The quantitative estimate of drug-likeness (QED) is 0.624. The summed E-state index contributed by atoms with van der Waals surface area (Å²) in [7, 11) is 0. The molecule has 0 saturated carbocycles. The summed E-state index contributed by atoms with van der Waals surface area (Å²) in [4.78, 5) is 24.0. The molecular formula is C19H20O5. The zero-order valence-electron chi connectivity index (χ0n) is 13.7. The summed E-state index contributed by atoms with van der Waals surface area (Å²) >= 11 is 0. The van der Waals surface area contributed by atoms with Crippen LogP contribution in [0.25, 0.3) is 0 Å². The van der Waals surface area contributed by atoms with E-state index in [-0.39, 0.29) is 17.1 Å². The summed E-state index contributed by atoms with van der Waals surface area (Å²) < 4.78 is 4.93. The van der Waals surface area contributed by atoms with Gasteiger partial charge >= 0.3 is 5.97 Å². The lowest BCUT2D eigenvalue weighted by Crippen LogP contribution is -2.14. The number of phenols is 2. The van der Waals surface area contributed by atoms with Gasteiger partial charge in [-0.15, -0.1) is 0 Å². The van der Waals surface area contributed by atoms with Crippen LogP contribution < -0.4 is 0 Å². The third-order valence-electron chi connectivity index (χ3n) is 3.95. The first-order chi connectivity index (χ1) is 11.4. The Morgan fingerprint density at radius 1 is 1.08 bits per heavy atom. The summed E-state index contributed by atoms with van der Waals surface area (Å²) in [6, 6.07) is 10.8. The van der Waals surface area contributed by atoms with Crippen molar-refractivity contribution >= 4 is 11.8 Å². The zero-order chi connectivity index (χ0) is 17.7. The molecule has 2 aromatic carbocycles. The molecule has 2 N–H and O–H groups in total. The number of Topliss-reactive ketones (excluding diaryl/α,β-unsaturated/α-hetero) is 1. The van der Waals surface area contributed by atoms with Crippen LogP contribution in [-0.2, 0) is 4.74 Å². The summed E-state index contributed by atoms with van der Waals surface area (Å²) in [6.07, 6.45) is 1.01. The Morgan fingerprint density at radius 2 is 1.75 bits per heavy atom. The molecule has 0 spiro atoms. The molecule has 0 heterocycles. The second kappa shape index (κ2) is 7.64. The number of ketones is 1. The van der Waals surface area contributed by atoms with Gasteiger partial charge in [-0.3, -0.25) is 4.79 Å². The van der Waals surface area contributed by atoms with Gasteiger partial charge in [0.15, 0.2) is 12.4 Å². The number of aromatic hydroxyl groups is 2. The van der Waals surface area contributed by atoms with Gasteiger partial charge in [-0.25, -0.2) is 4.79 Å². The monoisotopic (exact) mass is 328 g/mol. The average molecular weight is 328 g/mol. The Kier molecular flexibility index (Phi) is 5.58. The van der Waals surface area contributed by atoms with Gasteiger partial charge < -0.3 is 14.9 Å². The Morgan fingerprint density at radius 3 is 2.33 bits per heavy atom. The second-order valence-corrected chi connectivity index (χ2v) is 5.63. The average Bonchev–Trinajstić information content (AvgIpc) is 2.58. The van der Waals surface area contributed by atoms with E-state index in [0.717, 1.165) is 18.1 Å². The maximum atomic E-state index is 12.1. The van der Waals surface area contributed by atoms with Crippen LogP contribution in [-0.4, -0.2) is 28.6 Å². The number of esters is 1. The van der Waals surface area contributed by atoms with Crippen molar-refractivity contribution in [1.82, 2.24) is 0 Å². The zero-order valence-corrected chi connectivity index (χ0v) is 13.7. The molecule has 0 amide bonds. The highest BCUT2D eigenvalue weighted by molar-refractivity contribution is 6.00. The molecule has 2 aromatic rings. The van der Waals surface area contributed by atoms with E-state index < -0.39 is 18.3 Å². The molecule has 24 heavy (non-hydrogen) atoms. The van der Waals surface area contributed by atoms with Gasteiger partial charge in [0.25, 0.3) is 0 Å². The van der Waals surface area contributed by atoms with E-state index >= 15 is 0 Å². The molecule has 0 saturated heterocycles. The van der Waals surface area contributed by atoms with Gasteiger partial charge in [0.1, 0.15) is 17.1 Å². The molecule has 0 aromatic heterocycles. The van der Waals surface area contributed by atoms with Crippen LogP contribution in [0.2, 0.25) is 0 Å². The molecule has 1 atom stereocenters. The number of phenolic OH excluding ortho intramolecular Hbond substituents is 2. The lowest BCUT2D eigenvalue weighted by atomic mass is 9.97. The van der Waals surface area contributed by atoms with E-state index in [0.29, 0.717) is 11.5 Å². The van der Waals surface area contributed by atoms with Gasteiger partial charge in [-0.2, -0.15) is 0 Å². The minimum atomic E-state index is -0.822.